The summed E-state index contributed by atoms with van der Waals surface area (Å²) in [5.74, 6) is 2.01. The second-order valence-corrected chi connectivity index (χ2v) is 6.42. The molecule has 1 saturated carbocycles. The Bertz CT molecular complexity index is 425. The lowest BCUT2D eigenvalue weighted by Crippen LogP contribution is -2.11. The van der Waals surface area contributed by atoms with E-state index in [2.05, 4.69) is 31.2 Å². The summed E-state index contributed by atoms with van der Waals surface area (Å²) < 4.78 is 0. The molecule has 0 aromatic heterocycles. The van der Waals surface area contributed by atoms with Gasteiger partial charge in [-0.3, -0.25) is 0 Å². The number of unbranched alkanes of at least 4 members (excludes halogenated alkanes) is 3. The first-order chi connectivity index (χ1) is 9.33. The molecule has 0 saturated heterocycles. The molecule has 2 aliphatic rings. The normalized spacial score (nSPS) is 29.5. The van der Waals surface area contributed by atoms with Crippen LogP contribution in [-0.2, 0) is 6.42 Å². The Kier molecular flexibility index (Phi) is 3.93. The van der Waals surface area contributed by atoms with E-state index < -0.39 is 0 Å². The first kappa shape index (κ1) is 13.2. The van der Waals surface area contributed by atoms with Crippen molar-refractivity contribution in [2.45, 2.75) is 63.9 Å². The summed E-state index contributed by atoms with van der Waals surface area (Å²) >= 11 is 0. The maximum absolute atomic E-state index is 10.4. The molecule has 0 bridgehead atoms. The van der Waals surface area contributed by atoms with E-state index in [1.807, 2.05) is 0 Å². The van der Waals surface area contributed by atoms with Crippen molar-refractivity contribution < 1.29 is 5.11 Å². The van der Waals surface area contributed by atoms with Crippen LogP contribution in [0.4, 0.5) is 0 Å². The summed E-state index contributed by atoms with van der Waals surface area (Å²) in [6.07, 6.45) is 8.54. The number of aliphatic hydroxyl groups excluding tert-OH is 1. The summed E-state index contributed by atoms with van der Waals surface area (Å²) in [7, 11) is 0. The minimum absolute atomic E-state index is 0.0574. The van der Waals surface area contributed by atoms with Gasteiger partial charge in [0, 0.05) is 0 Å². The van der Waals surface area contributed by atoms with Gasteiger partial charge in [0.15, 0.2) is 0 Å². The number of benzene rings is 1. The highest BCUT2D eigenvalue weighted by molar-refractivity contribution is 5.39. The van der Waals surface area contributed by atoms with Gasteiger partial charge >= 0.3 is 0 Å². The van der Waals surface area contributed by atoms with E-state index in [1.165, 1.54) is 49.7 Å². The van der Waals surface area contributed by atoms with Gasteiger partial charge < -0.3 is 5.11 Å². The second-order valence-electron chi connectivity index (χ2n) is 6.42. The minimum atomic E-state index is -0.0574. The molecule has 0 radical (unpaired) electrons. The van der Waals surface area contributed by atoms with Crippen LogP contribution in [0.25, 0.3) is 0 Å². The van der Waals surface area contributed by atoms with Crippen LogP contribution in [0.2, 0.25) is 0 Å². The van der Waals surface area contributed by atoms with Gasteiger partial charge in [-0.1, -0.05) is 56.9 Å². The van der Waals surface area contributed by atoms with Crippen LogP contribution in [0, 0.1) is 11.8 Å². The molecule has 1 nitrogen and oxygen atoms in total. The molecule has 4 unspecified atom stereocenters. The highest BCUT2D eigenvalue weighted by Crippen LogP contribution is 2.61. The largest absolute Gasteiger partial charge is 0.393 e. The molecule has 3 rings (SSSR count). The average molecular weight is 258 g/mol. The standard InChI is InChI=1S/C18H26O/c1-2-3-4-5-10-16(19)18-15-12-11-13-8-6-7-9-14(13)17(15)18/h6-9,15-19H,2-5,10-12H2,1H3. The third-order valence-electron chi connectivity index (χ3n) is 5.19. The van der Waals surface area contributed by atoms with Crippen molar-refractivity contribution in [2.75, 3.05) is 0 Å². The number of aliphatic hydroxyl groups is 1. The number of fused-ring (bicyclic) bond motifs is 3. The number of hydrogen-bond donors (Lipinski definition) is 1. The first-order valence-corrected chi connectivity index (χ1v) is 8.08. The summed E-state index contributed by atoms with van der Waals surface area (Å²) in [4.78, 5) is 0. The van der Waals surface area contributed by atoms with E-state index in [1.54, 1.807) is 0 Å². The third kappa shape index (κ3) is 2.58. The van der Waals surface area contributed by atoms with Gasteiger partial charge in [-0.05, 0) is 48.1 Å². The van der Waals surface area contributed by atoms with Crippen molar-refractivity contribution in [3.05, 3.63) is 35.4 Å². The minimum Gasteiger partial charge on any atom is -0.393 e. The van der Waals surface area contributed by atoms with E-state index in [9.17, 15) is 5.11 Å². The highest BCUT2D eigenvalue weighted by atomic mass is 16.3. The number of rotatable bonds is 6. The summed E-state index contributed by atoms with van der Waals surface area (Å²) in [6, 6.07) is 8.87. The molecule has 1 aromatic rings. The smallest absolute Gasteiger partial charge is 0.0577 e. The van der Waals surface area contributed by atoms with Crippen molar-refractivity contribution in [1.29, 1.82) is 0 Å². The molecule has 0 heterocycles. The molecule has 0 amide bonds. The Balaban J connectivity index is 1.58. The van der Waals surface area contributed by atoms with E-state index in [-0.39, 0.29) is 6.10 Å². The number of hydrogen-bond acceptors (Lipinski definition) is 1. The zero-order chi connectivity index (χ0) is 13.2. The molecule has 0 spiro atoms. The van der Waals surface area contributed by atoms with Gasteiger partial charge in [0.05, 0.1) is 6.10 Å². The predicted molar refractivity (Wildman–Crippen MR) is 79.2 cm³/mol. The first-order valence-electron chi connectivity index (χ1n) is 8.08. The van der Waals surface area contributed by atoms with Gasteiger partial charge in [0.25, 0.3) is 0 Å². The van der Waals surface area contributed by atoms with Crippen LogP contribution < -0.4 is 0 Å². The quantitative estimate of drug-likeness (QED) is 0.755. The fraction of sp³-hybridized carbons (Fsp3) is 0.667. The van der Waals surface area contributed by atoms with E-state index >= 15 is 0 Å². The molecule has 1 heteroatoms. The Morgan fingerprint density at radius 3 is 2.89 bits per heavy atom. The Hall–Kier alpha value is -0.820. The van der Waals surface area contributed by atoms with E-state index in [4.69, 9.17) is 0 Å². The maximum atomic E-state index is 10.4. The van der Waals surface area contributed by atoms with Crippen LogP contribution in [0.5, 0.6) is 0 Å². The molecule has 1 aromatic carbocycles. The van der Waals surface area contributed by atoms with Crippen LogP contribution in [0.1, 0.15) is 62.5 Å². The summed E-state index contributed by atoms with van der Waals surface area (Å²) in [6.45, 7) is 2.24. The maximum Gasteiger partial charge on any atom is 0.0577 e. The highest BCUT2D eigenvalue weighted by Gasteiger charge is 2.55. The zero-order valence-corrected chi connectivity index (χ0v) is 12.0. The van der Waals surface area contributed by atoms with E-state index in [0.29, 0.717) is 11.8 Å². The van der Waals surface area contributed by atoms with Gasteiger partial charge in [0.1, 0.15) is 0 Å². The Morgan fingerprint density at radius 1 is 1.21 bits per heavy atom. The Morgan fingerprint density at radius 2 is 2.05 bits per heavy atom. The fourth-order valence-electron chi connectivity index (χ4n) is 4.12. The van der Waals surface area contributed by atoms with Crippen molar-refractivity contribution in [3.8, 4) is 0 Å². The number of aryl methyl sites for hydroxylation is 1. The van der Waals surface area contributed by atoms with Gasteiger partial charge in [-0.25, -0.2) is 0 Å². The van der Waals surface area contributed by atoms with Crippen molar-refractivity contribution in [2.24, 2.45) is 11.8 Å². The molecule has 19 heavy (non-hydrogen) atoms. The summed E-state index contributed by atoms with van der Waals surface area (Å²) in [5.41, 5.74) is 3.07. The van der Waals surface area contributed by atoms with Crippen LogP contribution >= 0.6 is 0 Å². The van der Waals surface area contributed by atoms with Gasteiger partial charge in [-0.2, -0.15) is 0 Å². The fourth-order valence-corrected chi connectivity index (χ4v) is 4.12. The van der Waals surface area contributed by atoms with Crippen molar-refractivity contribution >= 4 is 0 Å². The van der Waals surface area contributed by atoms with E-state index in [0.717, 1.165) is 12.3 Å². The SMILES string of the molecule is CCCCCCC(O)C1C2CCc3ccccc3C21. The molecule has 1 fully saturated rings. The molecule has 104 valence electrons. The molecule has 0 aliphatic heterocycles. The van der Waals surface area contributed by atoms with Gasteiger partial charge in [-0.15, -0.1) is 0 Å². The van der Waals surface area contributed by atoms with Gasteiger partial charge in [0.2, 0.25) is 0 Å². The lowest BCUT2D eigenvalue weighted by atomic mass is 9.92. The molecule has 1 N–H and O–H groups in total. The monoisotopic (exact) mass is 258 g/mol. The lowest BCUT2D eigenvalue weighted by molar-refractivity contribution is 0.130. The molecule has 2 aliphatic carbocycles. The van der Waals surface area contributed by atoms with Crippen LogP contribution in [-0.4, -0.2) is 11.2 Å². The second kappa shape index (κ2) is 5.66. The van der Waals surface area contributed by atoms with Crippen molar-refractivity contribution in [3.63, 3.8) is 0 Å². The summed E-state index contributed by atoms with van der Waals surface area (Å²) in [5, 5.41) is 10.4. The molecular weight excluding hydrogens is 232 g/mol. The molecular formula is C18H26O. The molecule has 4 atom stereocenters. The van der Waals surface area contributed by atoms with Crippen LogP contribution in [0.15, 0.2) is 24.3 Å². The lowest BCUT2D eigenvalue weighted by Gasteiger charge is -2.13. The Labute approximate surface area is 117 Å². The zero-order valence-electron chi connectivity index (χ0n) is 12.0. The van der Waals surface area contributed by atoms with Crippen molar-refractivity contribution in [1.82, 2.24) is 0 Å². The average Bonchev–Trinajstić information content (AvgIpc) is 3.18. The predicted octanol–water partition coefficient (Wildman–Crippen LogP) is 4.29. The van der Waals surface area contributed by atoms with Crippen LogP contribution in [0.3, 0.4) is 0 Å². The third-order valence-corrected chi connectivity index (χ3v) is 5.19. The topological polar surface area (TPSA) is 20.2 Å².